The maximum atomic E-state index is 12.2. The first kappa shape index (κ1) is 19.5. The first-order valence-corrected chi connectivity index (χ1v) is 10.5. The molecule has 27 heavy (non-hydrogen) atoms. The molecule has 2 amide bonds. The third-order valence-corrected chi connectivity index (χ3v) is 5.56. The van der Waals surface area contributed by atoms with Crippen molar-refractivity contribution in [1.29, 1.82) is 0 Å². The summed E-state index contributed by atoms with van der Waals surface area (Å²) in [5.41, 5.74) is 1.87. The molecule has 1 aromatic carbocycles. The number of benzene rings is 1. The van der Waals surface area contributed by atoms with E-state index in [1.54, 1.807) is 6.20 Å². The Morgan fingerprint density at radius 3 is 2.59 bits per heavy atom. The van der Waals surface area contributed by atoms with Crippen LogP contribution in [0.25, 0.3) is 0 Å². The van der Waals surface area contributed by atoms with E-state index in [2.05, 4.69) is 15.7 Å². The van der Waals surface area contributed by atoms with Crippen LogP contribution < -0.4 is 10.6 Å². The van der Waals surface area contributed by atoms with Gasteiger partial charge in [-0.1, -0.05) is 31.4 Å². The van der Waals surface area contributed by atoms with Crippen molar-refractivity contribution in [2.45, 2.75) is 45.1 Å². The summed E-state index contributed by atoms with van der Waals surface area (Å²) in [5.74, 6) is 1.00. The van der Waals surface area contributed by atoms with E-state index >= 15 is 0 Å². The van der Waals surface area contributed by atoms with Crippen molar-refractivity contribution in [3.8, 4) is 0 Å². The summed E-state index contributed by atoms with van der Waals surface area (Å²) in [6.45, 7) is 1.98. The number of carbonyl (C=O) groups is 2. The maximum absolute atomic E-state index is 12.2. The molecule has 0 bridgehead atoms. The lowest BCUT2D eigenvalue weighted by Gasteiger charge is -2.23. The highest BCUT2D eigenvalue weighted by Crippen LogP contribution is 2.29. The highest BCUT2D eigenvalue weighted by Gasteiger charge is 2.19. The summed E-state index contributed by atoms with van der Waals surface area (Å²) >= 11 is 1.30. The Labute approximate surface area is 164 Å². The Bertz CT molecular complexity index is 784. The van der Waals surface area contributed by atoms with Crippen LogP contribution in [0.3, 0.4) is 0 Å². The fraction of sp³-hybridized carbons (Fsp3) is 0.450. The average Bonchev–Trinajstić information content (AvgIpc) is 3.10. The smallest absolute Gasteiger partial charge is 0.235 e. The van der Waals surface area contributed by atoms with E-state index in [0.29, 0.717) is 6.04 Å². The molecular formula is C20H26N4O2S. The number of hydrogen-bond acceptors (Lipinski definition) is 4. The number of hydrogen-bond donors (Lipinski definition) is 2. The molecule has 0 spiro atoms. The average molecular weight is 387 g/mol. The molecule has 2 aromatic rings. The summed E-state index contributed by atoms with van der Waals surface area (Å²) in [6.07, 6.45) is 7.65. The largest absolute Gasteiger partial charge is 0.325 e. The van der Waals surface area contributed by atoms with Gasteiger partial charge in [0.15, 0.2) is 0 Å². The highest BCUT2D eigenvalue weighted by molar-refractivity contribution is 8.00. The number of thioether (sulfide) groups is 1. The van der Waals surface area contributed by atoms with Crippen molar-refractivity contribution in [3.05, 3.63) is 42.1 Å². The van der Waals surface area contributed by atoms with Crippen LogP contribution >= 0.6 is 11.8 Å². The van der Waals surface area contributed by atoms with Gasteiger partial charge in [0.2, 0.25) is 11.8 Å². The SMILES string of the molecule is Cc1cccc(NC(=O)CSCC(=O)Nc2ccnn2C2CCCCC2)c1. The molecular weight excluding hydrogens is 360 g/mol. The predicted molar refractivity (Wildman–Crippen MR) is 110 cm³/mol. The van der Waals surface area contributed by atoms with Crippen LogP contribution in [0.5, 0.6) is 0 Å². The molecule has 0 atom stereocenters. The van der Waals surface area contributed by atoms with Crippen LogP contribution in [-0.2, 0) is 9.59 Å². The summed E-state index contributed by atoms with van der Waals surface area (Å²) in [5, 5.41) is 10.2. The molecule has 1 aliphatic rings. The van der Waals surface area contributed by atoms with E-state index in [4.69, 9.17) is 0 Å². The van der Waals surface area contributed by atoms with Crippen molar-refractivity contribution < 1.29 is 9.59 Å². The van der Waals surface area contributed by atoms with Gasteiger partial charge in [-0.2, -0.15) is 5.10 Å². The number of carbonyl (C=O) groups excluding carboxylic acids is 2. The first-order valence-electron chi connectivity index (χ1n) is 9.39. The van der Waals surface area contributed by atoms with E-state index in [-0.39, 0.29) is 23.3 Å². The second-order valence-corrected chi connectivity index (χ2v) is 7.90. The summed E-state index contributed by atoms with van der Waals surface area (Å²) in [6, 6.07) is 9.86. The Balaban J connectivity index is 1.42. The standard InChI is InChI=1S/C20H26N4O2S/c1-15-6-5-7-16(12-15)22-19(25)13-27-14-20(26)23-18-10-11-21-24(18)17-8-3-2-4-9-17/h5-7,10-12,17H,2-4,8-9,13-14H2,1H3,(H,22,25)(H,23,26). The number of aryl methyl sites for hydroxylation is 1. The zero-order valence-electron chi connectivity index (χ0n) is 15.6. The molecule has 1 fully saturated rings. The van der Waals surface area contributed by atoms with Gasteiger partial charge in [0.25, 0.3) is 0 Å². The van der Waals surface area contributed by atoms with Crippen LogP contribution in [0.2, 0.25) is 0 Å². The van der Waals surface area contributed by atoms with Gasteiger partial charge < -0.3 is 10.6 Å². The summed E-state index contributed by atoms with van der Waals surface area (Å²) in [4.78, 5) is 24.2. The normalized spacial score (nSPS) is 14.7. The van der Waals surface area contributed by atoms with Crippen LogP contribution in [0.1, 0.15) is 43.7 Å². The summed E-state index contributed by atoms with van der Waals surface area (Å²) < 4.78 is 1.94. The Kier molecular flexibility index (Phi) is 6.92. The number of anilines is 2. The molecule has 0 aliphatic heterocycles. The Morgan fingerprint density at radius 1 is 1.11 bits per heavy atom. The van der Waals surface area contributed by atoms with Gasteiger partial charge in [-0.05, 0) is 37.5 Å². The van der Waals surface area contributed by atoms with Crippen molar-refractivity contribution >= 4 is 35.1 Å². The van der Waals surface area contributed by atoms with Gasteiger partial charge >= 0.3 is 0 Å². The second kappa shape index (κ2) is 9.60. The molecule has 3 rings (SSSR count). The van der Waals surface area contributed by atoms with E-state index in [1.807, 2.05) is 41.9 Å². The number of aromatic nitrogens is 2. The summed E-state index contributed by atoms with van der Waals surface area (Å²) in [7, 11) is 0. The fourth-order valence-electron chi connectivity index (χ4n) is 3.37. The van der Waals surface area contributed by atoms with E-state index in [9.17, 15) is 9.59 Å². The molecule has 1 aromatic heterocycles. The van der Waals surface area contributed by atoms with Crippen molar-refractivity contribution in [3.63, 3.8) is 0 Å². The molecule has 0 saturated heterocycles. The Morgan fingerprint density at radius 2 is 1.85 bits per heavy atom. The lowest BCUT2D eigenvalue weighted by atomic mass is 9.96. The van der Waals surface area contributed by atoms with Gasteiger partial charge in [0.05, 0.1) is 23.7 Å². The monoisotopic (exact) mass is 386 g/mol. The fourth-order valence-corrected chi connectivity index (χ4v) is 3.98. The quantitative estimate of drug-likeness (QED) is 0.754. The molecule has 144 valence electrons. The number of nitrogens with one attached hydrogen (secondary N) is 2. The molecule has 2 N–H and O–H groups in total. The van der Waals surface area contributed by atoms with Crippen molar-refractivity contribution in [2.75, 3.05) is 22.1 Å². The minimum Gasteiger partial charge on any atom is -0.325 e. The van der Waals surface area contributed by atoms with Crippen LogP contribution in [0.4, 0.5) is 11.5 Å². The third-order valence-electron chi connectivity index (χ3n) is 4.63. The Hall–Kier alpha value is -2.28. The predicted octanol–water partition coefficient (Wildman–Crippen LogP) is 4.01. The number of rotatable bonds is 7. The zero-order valence-corrected chi connectivity index (χ0v) is 16.4. The molecule has 0 radical (unpaired) electrons. The maximum Gasteiger partial charge on any atom is 0.235 e. The number of nitrogens with zero attached hydrogens (tertiary/aromatic N) is 2. The van der Waals surface area contributed by atoms with Crippen LogP contribution in [-0.4, -0.2) is 33.1 Å². The topological polar surface area (TPSA) is 76.0 Å². The van der Waals surface area contributed by atoms with Gasteiger partial charge in [-0.15, -0.1) is 11.8 Å². The molecule has 1 aliphatic carbocycles. The van der Waals surface area contributed by atoms with E-state index < -0.39 is 0 Å². The molecule has 6 nitrogen and oxygen atoms in total. The van der Waals surface area contributed by atoms with Gasteiger partial charge in [0, 0.05) is 11.8 Å². The minimum absolute atomic E-state index is 0.106. The second-order valence-electron chi connectivity index (χ2n) is 6.91. The van der Waals surface area contributed by atoms with E-state index in [0.717, 1.165) is 29.9 Å². The third kappa shape index (κ3) is 5.85. The highest BCUT2D eigenvalue weighted by atomic mass is 32.2. The van der Waals surface area contributed by atoms with Crippen LogP contribution in [0, 0.1) is 6.92 Å². The minimum atomic E-state index is -0.110. The van der Waals surface area contributed by atoms with Crippen molar-refractivity contribution in [2.24, 2.45) is 0 Å². The van der Waals surface area contributed by atoms with Crippen molar-refractivity contribution in [1.82, 2.24) is 9.78 Å². The lowest BCUT2D eigenvalue weighted by molar-refractivity contribution is -0.114. The van der Waals surface area contributed by atoms with Crippen LogP contribution in [0.15, 0.2) is 36.5 Å². The first-order chi connectivity index (χ1) is 13.1. The molecule has 0 unspecified atom stereocenters. The lowest BCUT2D eigenvalue weighted by Crippen LogP contribution is -2.22. The molecule has 1 saturated carbocycles. The molecule has 1 heterocycles. The molecule has 7 heteroatoms. The van der Waals surface area contributed by atoms with E-state index in [1.165, 1.54) is 31.0 Å². The van der Waals surface area contributed by atoms with Gasteiger partial charge in [0.1, 0.15) is 5.82 Å². The van der Waals surface area contributed by atoms with Gasteiger partial charge in [-0.25, -0.2) is 4.68 Å². The van der Waals surface area contributed by atoms with Gasteiger partial charge in [-0.3, -0.25) is 9.59 Å². The zero-order chi connectivity index (χ0) is 19.1. The number of amides is 2.